The van der Waals surface area contributed by atoms with E-state index in [0.29, 0.717) is 44.0 Å². The van der Waals surface area contributed by atoms with Crippen LogP contribution in [-0.2, 0) is 24.7 Å². The van der Waals surface area contributed by atoms with Crippen LogP contribution in [-0.4, -0.2) is 94.5 Å². The average Bonchev–Trinajstić information content (AvgIpc) is 3.34. The number of rotatable bonds is 5. The van der Waals surface area contributed by atoms with E-state index in [4.69, 9.17) is 9.47 Å². The second-order valence-corrected chi connectivity index (χ2v) is 12.3. The van der Waals surface area contributed by atoms with Gasteiger partial charge in [-0.3, -0.25) is 9.80 Å². The molecule has 10 nitrogen and oxygen atoms in total. The molecule has 4 rings (SSSR count). The summed E-state index contributed by atoms with van der Waals surface area (Å²) < 4.78 is 62.9. The number of amides is 1. The van der Waals surface area contributed by atoms with E-state index in [2.05, 4.69) is 0 Å². The van der Waals surface area contributed by atoms with Crippen LogP contribution in [0.25, 0.3) is 0 Å². The maximum Gasteiger partial charge on any atom is 0.255 e. The van der Waals surface area contributed by atoms with E-state index in [1.54, 1.807) is 25.2 Å². The van der Waals surface area contributed by atoms with Gasteiger partial charge in [0.2, 0.25) is 10.0 Å². The highest BCUT2D eigenvalue weighted by Gasteiger charge is 2.45. The molecular weight excluding hydrogens is 446 g/mol. The molecule has 2 fully saturated rings. The number of nitrogens with zero attached hydrogens (tertiary/aromatic N) is 3. The number of ether oxygens (including phenoxy) is 2. The minimum Gasteiger partial charge on any atom is -0.486 e. The molecule has 0 radical (unpaired) electrons. The standard InChI is InChI=1S/C19H27N3O7S2/c1-20(2)22(14-7-11-30(24,25)13-14)19(23)16-4-3-8-21(16)31(26,27)15-5-6-17-18(12-15)29-10-9-28-17/h5-6,12,14,16H,3-4,7-11,13H2,1-2H3/t14-,16-/m0/s1. The van der Waals surface area contributed by atoms with Crippen LogP contribution in [0.3, 0.4) is 0 Å². The molecule has 1 amide bonds. The zero-order valence-electron chi connectivity index (χ0n) is 17.6. The Kier molecular flexibility index (Phi) is 5.92. The number of carbonyl (C=O) groups is 1. The fourth-order valence-electron chi connectivity index (χ4n) is 4.42. The molecule has 0 saturated carbocycles. The van der Waals surface area contributed by atoms with E-state index < -0.39 is 37.9 Å². The SMILES string of the molecule is CN(C)N(C(=O)[C@@H]1CCCN1S(=O)(=O)c1ccc2c(c1)OCCO2)[C@H]1CCS(=O)(=O)C1. The molecule has 0 unspecified atom stereocenters. The van der Waals surface area contributed by atoms with Crippen LogP contribution in [0.5, 0.6) is 11.5 Å². The van der Waals surface area contributed by atoms with Crippen molar-refractivity contribution in [2.24, 2.45) is 0 Å². The van der Waals surface area contributed by atoms with Gasteiger partial charge in [0.25, 0.3) is 5.91 Å². The summed E-state index contributed by atoms with van der Waals surface area (Å²) in [5.74, 6) is 0.365. The quantitative estimate of drug-likeness (QED) is 0.554. The van der Waals surface area contributed by atoms with Crippen LogP contribution in [0.1, 0.15) is 19.3 Å². The maximum atomic E-state index is 13.4. The first-order valence-corrected chi connectivity index (χ1v) is 13.5. The molecule has 3 aliphatic rings. The summed E-state index contributed by atoms with van der Waals surface area (Å²) in [6.45, 7) is 0.958. The summed E-state index contributed by atoms with van der Waals surface area (Å²) in [5.41, 5.74) is 0. The summed E-state index contributed by atoms with van der Waals surface area (Å²) in [6.07, 6.45) is 1.27. The smallest absolute Gasteiger partial charge is 0.255 e. The van der Waals surface area contributed by atoms with Crippen LogP contribution in [0.15, 0.2) is 23.1 Å². The van der Waals surface area contributed by atoms with Gasteiger partial charge in [-0.25, -0.2) is 21.8 Å². The number of sulfonamides is 1. The highest BCUT2D eigenvalue weighted by Crippen LogP contribution is 2.35. The van der Waals surface area contributed by atoms with E-state index in [1.165, 1.54) is 21.4 Å². The van der Waals surface area contributed by atoms with Crippen LogP contribution in [0, 0.1) is 0 Å². The van der Waals surface area contributed by atoms with Gasteiger partial charge >= 0.3 is 0 Å². The van der Waals surface area contributed by atoms with Crippen molar-refractivity contribution in [3.05, 3.63) is 18.2 Å². The Balaban J connectivity index is 1.61. The molecule has 31 heavy (non-hydrogen) atoms. The Morgan fingerprint density at radius 3 is 2.48 bits per heavy atom. The predicted octanol–water partition coefficient (Wildman–Crippen LogP) is 0.103. The molecule has 172 valence electrons. The molecule has 3 aliphatic heterocycles. The van der Waals surface area contributed by atoms with Gasteiger partial charge in [0.15, 0.2) is 21.3 Å². The minimum atomic E-state index is -3.96. The Morgan fingerprint density at radius 2 is 1.84 bits per heavy atom. The summed E-state index contributed by atoms with van der Waals surface area (Å²) in [7, 11) is -3.83. The van der Waals surface area contributed by atoms with Crippen LogP contribution < -0.4 is 9.47 Å². The maximum absolute atomic E-state index is 13.4. The first-order valence-electron chi connectivity index (χ1n) is 10.2. The number of hydrazine groups is 1. The van der Waals surface area contributed by atoms with E-state index in [-0.39, 0.29) is 22.9 Å². The lowest BCUT2D eigenvalue weighted by Crippen LogP contribution is -2.56. The third kappa shape index (κ3) is 4.26. The molecule has 0 aromatic heterocycles. The van der Waals surface area contributed by atoms with Crippen molar-refractivity contribution in [2.75, 3.05) is 45.4 Å². The van der Waals surface area contributed by atoms with Crippen molar-refractivity contribution in [2.45, 2.75) is 36.2 Å². The highest BCUT2D eigenvalue weighted by molar-refractivity contribution is 7.91. The monoisotopic (exact) mass is 473 g/mol. The van der Waals surface area contributed by atoms with Crippen molar-refractivity contribution in [1.29, 1.82) is 0 Å². The Hall–Kier alpha value is -1.89. The predicted molar refractivity (Wildman–Crippen MR) is 112 cm³/mol. The van der Waals surface area contributed by atoms with Crippen molar-refractivity contribution >= 4 is 25.8 Å². The van der Waals surface area contributed by atoms with Gasteiger partial charge in [0.05, 0.1) is 22.4 Å². The normalized spacial score (nSPS) is 25.6. The van der Waals surface area contributed by atoms with Gasteiger partial charge in [0, 0.05) is 26.7 Å². The number of hydrogen-bond donors (Lipinski definition) is 0. The van der Waals surface area contributed by atoms with Crippen LogP contribution >= 0.6 is 0 Å². The zero-order chi connectivity index (χ0) is 22.4. The molecule has 3 heterocycles. The fourth-order valence-corrected chi connectivity index (χ4v) is 7.78. The molecule has 12 heteroatoms. The number of fused-ring (bicyclic) bond motifs is 1. The van der Waals surface area contributed by atoms with Crippen molar-refractivity contribution < 1.29 is 31.1 Å². The Morgan fingerprint density at radius 1 is 1.13 bits per heavy atom. The molecule has 2 saturated heterocycles. The van der Waals surface area contributed by atoms with Crippen LogP contribution in [0.2, 0.25) is 0 Å². The number of carbonyl (C=O) groups excluding carboxylic acids is 1. The number of sulfone groups is 1. The third-order valence-electron chi connectivity index (χ3n) is 5.82. The lowest BCUT2D eigenvalue weighted by atomic mass is 10.1. The summed E-state index contributed by atoms with van der Waals surface area (Å²) >= 11 is 0. The van der Waals surface area contributed by atoms with Gasteiger partial charge < -0.3 is 9.47 Å². The zero-order valence-corrected chi connectivity index (χ0v) is 19.2. The number of benzene rings is 1. The Labute approximate surface area is 182 Å². The van der Waals surface area contributed by atoms with Crippen molar-refractivity contribution in [3.8, 4) is 11.5 Å². The largest absolute Gasteiger partial charge is 0.486 e. The van der Waals surface area contributed by atoms with Crippen molar-refractivity contribution in [3.63, 3.8) is 0 Å². The summed E-state index contributed by atoms with van der Waals surface area (Å²) in [6, 6.07) is 3.06. The van der Waals surface area contributed by atoms with E-state index >= 15 is 0 Å². The van der Waals surface area contributed by atoms with E-state index in [0.717, 1.165) is 0 Å². The topological polar surface area (TPSA) is 114 Å². The second-order valence-electron chi connectivity index (χ2n) is 8.17. The fraction of sp³-hybridized carbons (Fsp3) is 0.632. The lowest BCUT2D eigenvalue weighted by Gasteiger charge is -2.37. The molecular formula is C19H27N3O7S2. The van der Waals surface area contributed by atoms with Gasteiger partial charge in [-0.2, -0.15) is 4.31 Å². The molecule has 0 spiro atoms. The van der Waals surface area contributed by atoms with Crippen molar-refractivity contribution in [1.82, 2.24) is 14.3 Å². The second kappa shape index (κ2) is 8.23. The first-order chi connectivity index (χ1) is 14.6. The van der Waals surface area contributed by atoms with Gasteiger partial charge in [-0.1, -0.05) is 0 Å². The van der Waals surface area contributed by atoms with Gasteiger partial charge in [-0.15, -0.1) is 0 Å². The molecule has 0 bridgehead atoms. The molecule has 1 aromatic carbocycles. The first kappa shape index (κ1) is 22.3. The number of hydrogen-bond acceptors (Lipinski definition) is 8. The van der Waals surface area contributed by atoms with E-state index in [9.17, 15) is 21.6 Å². The van der Waals surface area contributed by atoms with E-state index in [1.807, 2.05) is 0 Å². The molecule has 0 aliphatic carbocycles. The average molecular weight is 474 g/mol. The van der Waals surface area contributed by atoms with Crippen LogP contribution in [0.4, 0.5) is 0 Å². The van der Waals surface area contributed by atoms with Gasteiger partial charge in [0.1, 0.15) is 19.3 Å². The summed E-state index contributed by atoms with van der Waals surface area (Å²) in [5, 5.41) is 2.97. The molecule has 1 aromatic rings. The minimum absolute atomic E-state index is 0.0269. The summed E-state index contributed by atoms with van der Waals surface area (Å²) in [4.78, 5) is 13.5. The molecule has 0 N–H and O–H groups in total. The highest BCUT2D eigenvalue weighted by atomic mass is 32.2. The van der Waals surface area contributed by atoms with Gasteiger partial charge in [-0.05, 0) is 31.4 Å². The Bertz CT molecular complexity index is 1070. The lowest BCUT2D eigenvalue weighted by molar-refractivity contribution is -0.152. The molecule has 2 atom stereocenters. The third-order valence-corrected chi connectivity index (χ3v) is 9.47.